The van der Waals surface area contributed by atoms with Crippen molar-refractivity contribution in [1.29, 1.82) is 0 Å². The maximum Gasteiger partial charge on any atom is 0.330 e. The maximum atomic E-state index is 10.3. The molecule has 0 aliphatic rings. The summed E-state index contributed by atoms with van der Waals surface area (Å²) in [5.41, 5.74) is 0.411. The van der Waals surface area contributed by atoms with Crippen molar-refractivity contribution < 1.29 is 29.3 Å². The van der Waals surface area contributed by atoms with Gasteiger partial charge >= 0.3 is 11.9 Å². The number of carbonyl (C=O) groups is 2. The van der Waals surface area contributed by atoms with Crippen molar-refractivity contribution in [2.24, 2.45) is 0 Å². The molecule has 0 bridgehead atoms. The fraction of sp³-hybridized carbons (Fsp3) is 0.571. The lowest BCUT2D eigenvalue weighted by Crippen LogP contribution is -2.06. The largest absolute Gasteiger partial charge is 0.478 e. The minimum Gasteiger partial charge on any atom is -0.478 e. The summed E-state index contributed by atoms with van der Waals surface area (Å²) in [7, 11) is 0. The molecule has 0 aromatic carbocycles. The zero-order valence-electron chi connectivity index (χ0n) is 12.2. The van der Waals surface area contributed by atoms with E-state index in [0.717, 1.165) is 0 Å². The lowest BCUT2D eigenvalue weighted by molar-refractivity contribution is -0.133. The highest BCUT2D eigenvalue weighted by molar-refractivity contribution is 5.85. The number of carboxylic acid groups (broad SMARTS) is 2. The van der Waals surface area contributed by atoms with Crippen LogP contribution in [0.25, 0.3) is 0 Å². The van der Waals surface area contributed by atoms with Gasteiger partial charge in [-0.1, -0.05) is 13.2 Å². The Balaban J connectivity index is 0. The molecule has 0 atom stereocenters. The second kappa shape index (κ2) is 13.8. The van der Waals surface area contributed by atoms with E-state index < -0.39 is 11.9 Å². The molecule has 0 spiro atoms. The summed E-state index contributed by atoms with van der Waals surface area (Å²) in [5, 5.41) is 16.4. The van der Waals surface area contributed by atoms with E-state index in [9.17, 15) is 9.59 Å². The highest BCUT2D eigenvalue weighted by atomic mass is 16.5. The van der Waals surface area contributed by atoms with Crippen molar-refractivity contribution in [3.05, 3.63) is 24.3 Å². The van der Waals surface area contributed by atoms with Gasteiger partial charge in [0.2, 0.25) is 0 Å². The fourth-order valence-electron chi connectivity index (χ4n) is 0.859. The van der Waals surface area contributed by atoms with E-state index in [1.165, 1.54) is 6.92 Å². The van der Waals surface area contributed by atoms with E-state index >= 15 is 0 Å². The van der Waals surface area contributed by atoms with E-state index in [2.05, 4.69) is 13.2 Å². The quantitative estimate of drug-likeness (QED) is 0.472. The van der Waals surface area contributed by atoms with Crippen LogP contribution in [0.4, 0.5) is 0 Å². The van der Waals surface area contributed by atoms with Crippen LogP contribution < -0.4 is 0 Å². The third-order valence-corrected chi connectivity index (χ3v) is 2.01. The van der Waals surface area contributed by atoms with Gasteiger partial charge in [-0.25, -0.2) is 9.59 Å². The monoisotopic (exact) mass is 288 g/mol. The standard InChI is InChI=1S/C10H18O4.C4H6O2/c1-3-13-7-8-14-6-4-5-9(2)10(11)12;1-3(2)4(5)6/h2-8H2,1H3,(H,11,12);1H2,2H3,(H,5,6). The SMILES string of the molecule is C=C(C)C(=O)O.C=C(CCCOCCOCC)C(=O)O. The Morgan fingerprint density at radius 1 is 1.00 bits per heavy atom. The first-order valence-corrected chi connectivity index (χ1v) is 6.28. The first-order chi connectivity index (χ1) is 9.32. The van der Waals surface area contributed by atoms with Crippen LogP contribution in [0.2, 0.25) is 0 Å². The number of rotatable bonds is 10. The molecule has 0 aromatic heterocycles. The molecule has 0 rings (SSSR count). The van der Waals surface area contributed by atoms with E-state index in [-0.39, 0.29) is 11.1 Å². The summed E-state index contributed by atoms with van der Waals surface area (Å²) in [5.74, 6) is -1.87. The van der Waals surface area contributed by atoms with Crippen LogP contribution in [0, 0.1) is 0 Å². The van der Waals surface area contributed by atoms with Gasteiger partial charge in [0.1, 0.15) is 0 Å². The molecule has 0 fully saturated rings. The lowest BCUT2D eigenvalue weighted by Gasteiger charge is -2.04. The minimum absolute atomic E-state index is 0.176. The van der Waals surface area contributed by atoms with Gasteiger partial charge in [0.05, 0.1) is 13.2 Å². The molecule has 0 amide bonds. The first kappa shape index (κ1) is 20.7. The Kier molecular flexibility index (Phi) is 14.2. The number of carboxylic acids is 2. The van der Waals surface area contributed by atoms with Crippen molar-refractivity contribution in [1.82, 2.24) is 0 Å². The third-order valence-electron chi connectivity index (χ3n) is 2.01. The minimum atomic E-state index is -0.935. The molecule has 116 valence electrons. The van der Waals surface area contributed by atoms with Gasteiger partial charge in [-0.05, 0) is 26.7 Å². The molecule has 0 aliphatic carbocycles. The van der Waals surface area contributed by atoms with Crippen molar-refractivity contribution in [3.63, 3.8) is 0 Å². The van der Waals surface area contributed by atoms with E-state index in [4.69, 9.17) is 19.7 Å². The van der Waals surface area contributed by atoms with Gasteiger partial charge < -0.3 is 19.7 Å². The van der Waals surface area contributed by atoms with Crippen molar-refractivity contribution in [3.8, 4) is 0 Å². The molecule has 20 heavy (non-hydrogen) atoms. The fourth-order valence-corrected chi connectivity index (χ4v) is 0.859. The maximum absolute atomic E-state index is 10.3. The Hall–Kier alpha value is -1.66. The molecule has 0 aliphatic heterocycles. The molecule has 0 heterocycles. The normalized spacial score (nSPS) is 9.30. The second-order valence-corrected chi connectivity index (χ2v) is 3.91. The molecular weight excluding hydrogens is 264 g/mol. The average molecular weight is 288 g/mol. The number of ether oxygens (including phenoxy) is 2. The average Bonchev–Trinajstić information content (AvgIpc) is 2.37. The molecule has 0 unspecified atom stereocenters. The zero-order valence-corrected chi connectivity index (χ0v) is 12.2. The number of hydrogen-bond donors (Lipinski definition) is 2. The number of hydrogen-bond acceptors (Lipinski definition) is 4. The molecule has 0 radical (unpaired) electrons. The lowest BCUT2D eigenvalue weighted by atomic mass is 10.2. The summed E-state index contributed by atoms with van der Waals surface area (Å²) in [6.07, 6.45) is 1.17. The van der Waals surface area contributed by atoms with Crippen LogP contribution in [-0.2, 0) is 19.1 Å². The van der Waals surface area contributed by atoms with Gasteiger partial charge in [-0.15, -0.1) is 0 Å². The molecule has 6 heteroatoms. The summed E-state index contributed by atoms with van der Waals surface area (Å²) in [4.78, 5) is 19.9. The van der Waals surface area contributed by atoms with Crippen LogP contribution in [-0.4, -0.2) is 48.6 Å². The summed E-state index contributed by atoms with van der Waals surface area (Å²) in [6.45, 7) is 12.4. The highest BCUT2D eigenvalue weighted by Gasteiger charge is 2.02. The van der Waals surface area contributed by atoms with Gasteiger partial charge in [0.15, 0.2) is 0 Å². The predicted molar refractivity (Wildman–Crippen MR) is 75.8 cm³/mol. The van der Waals surface area contributed by atoms with E-state index in [1.807, 2.05) is 6.92 Å². The molecule has 0 saturated heterocycles. The van der Waals surface area contributed by atoms with Gasteiger partial charge in [-0.3, -0.25) is 0 Å². The first-order valence-electron chi connectivity index (χ1n) is 6.28. The van der Waals surface area contributed by atoms with Gasteiger partial charge in [-0.2, -0.15) is 0 Å². The van der Waals surface area contributed by atoms with Crippen LogP contribution in [0.1, 0.15) is 26.7 Å². The van der Waals surface area contributed by atoms with Gasteiger partial charge in [0.25, 0.3) is 0 Å². The van der Waals surface area contributed by atoms with Crippen LogP contribution >= 0.6 is 0 Å². The predicted octanol–water partition coefficient (Wildman–Crippen LogP) is 2.11. The number of aliphatic carboxylic acids is 2. The van der Waals surface area contributed by atoms with E-state index in [1.54, 1.807) is 0 Å². The Morgan fingerprint density at radius 3 is 1.90 bits per heavy atom. The summed E-state index contributed by atoms with van der Waals surface area (Å²) < 4.78 is 10.3. The van der Waals surface area contributed by atoms with Crippen molar-refractivity contribution >= 4 is 11.9 Å². The Bertz CT molecular complexity index is 310. The molecule has 6 nitrogen and oxygen atoms in total. The van der Waals surface area contributed by atoms with Crippen molar-refractivity contribution in [2.45, 2.75) is 26.7 Å². The Morgan fingerprint density at radius 2 is 1.50 bits per heavy atom. The smallest absolute Gasteiger partial charge is 0.330 e. The molecule has 0 aromatic rings. The third kappa shape index (κ3) is 16.3. The van der Waals surface area contributed by atoms with Crippen LogP contribution in [0.3, 0.4) is 0 Å². The van der Waals surface area contributed by atoms with Crippen LogP contribution in [0.15, 0.2) is 24.3 Å². The molecule has 0 saturated carbocycles. The van der Waals surface area contributed by atoms with Crippen LogP contribution in [0.5, 0.6) is 0 Å². The topological polar surface area (TPSA) is 93.1 Å². The molecular formula is C14H24O6. The highest BCUT2D eigenvalue weighted by Crippen LogP contribution is 2.01. The Labute approximate surface area is 119 Å². The van der Waals surface area contributed by atoms with Gasteiger partial charge in [0, 0.05) is 24.4 Å². The zero-order chi connectivity index (χ0) is 16.0. The van der Waals surface area contributed by atoms with Crippen molar-refractivity contribution in [2.75, 3.05) is 26.4 Å². The summed E-state index contributed by atoms with van der Waals surface area (Å²) in [6, 6.07) is 0. The summed E-state index contributed by atoms with van der Waals surface area (Å²) >= 11 is 0. The second-order valence-electron chi connectivity index (χ2n) is 3.91. The van der Waals surface area contributed by atoms with E-state index in [0.29, 0.717) is 39.3 Å². The molecule has 2 N–H and O–H groups in total.